The lowest BCUT2D eigenvalue weighted by Crippen LogP contribution is -2.48. The van der Waals surface area contributed by atoms with Crippen LogP contribution >= 0.6 is 12.4 Å². The molecule has 0 radical (unpaired) electrons. The Bertz CT molecular complexity index is 382. The highest BCUT2D eigenvalue weighted by Gasteiger charge is 2.23. The van der Waals surface area contributed by atoms with Crippen LogP contribution in [0.15, 0.2) is 30.3 Å². The maximum absolute atomic E-state index is 12.1. The van der Waals surface area contributed by atoms with Crippen LogP contribution in [0.3, 0.4) is 0 Å². The number of carbonyl (C=O) groups excluding carboxylic acids is 1. The minimum Gasteiger partial charge on any atom is -0.364 e. The average Bonchev–Trinajstić information content (AvgIpc) is 2.35. The molecule has 106 valence electrons. The van der Waals surface area contributed by atoms with E-state index in [1.165, 1.54) is 0 Å². The van der Waals surface area contributed by atoms with Crippen LogP contribution in [0.2, 0.25) is 0 Å². The average molecular weight is 285 g/mol. The largest absolute Gasteiger partial charge is 0.364 e. The Balaban J connectivity index is 0.00000180. The number of rotatable bonds is 6. The lowest BCUT2D eigenvalue weighted by molar-refractivity contribution is -0.133. The Hall–Kier alpha value is -1.10. The fourth-order valence-electron chi connectivity index (χ4n) is 1.95. The van der Waals surface area contributed by atoms with Gasteiger partial charge in [0.15, 0.2) is 6.10 Å². The van der Waals surface area contributed by atoms with E-state index in [0.29, 0.717) is 12.5 Å². The van der Waals surface area contributed by atoms with Gasteiger partial charge in [-0.05, 0) is 12.5 Å². The molecule has 1 aromatic carbocycles. The van der Waals surface area contributed by atoms with Crippen molar-refractivity contribution in [1.29, 1.82) is 0 Å². The monoisotopic (exact) mass is 284 g/mol. The summed E-state index contributed by atoms with van der Waals surface area (Å²) in [5, 5.41) is 6.15. The Morgan fingerprint density at radius 3 is 2.63 bits per heavy atom. The normalized spacial score (nSPS) is 16.1. The van der Waals surface area contributed by atoms with Gasteiger partial charge in [-0.2, -0.15) is 0 Å². The topological polar surface area (TPSA) is 50.4 Å². The third-order valence-electron chi connectivity index (χ3n) is 3.10. The van der Waals surface area contributed by atoms with Gasteiger partial charge in [0.1, 0.15) is 0 Å². The first-order valence-corrected chi connectivity index (χ1v) is 6.46. The summed E-state index contributed by atoms with van der Waals surface area (Å²) in [6.45, 7) is 5.13. The third kappa shape index (κ3) is 4.49. The van der Waals surface area contributed by atoms with Crippen molar-refractivity contribution >= 4 is 18.3 Å². The Morgan fingerprint density at radius 1 is 1.42 bits per heavy atom. The number of hydrogen-bond donors (Lipinski definition) is 2. The molecule has 19 heavy (non-hydrogen) atoms. The molecule has 1 fully saturated rings. The van der Waals surface area contributed by atoms with Gasteiger partial charge in [0.2, 0.25) is 0 Å². The van der Waals surface area contributed by atoms with Gasteiger partial charge < -0.3 is 15.4 Å². The summed E-state index contributed by atoms with van der Waals surface area (Å²) in [6, 6.07) is 9.62. The molecule has 0 aliphatic carbocycles. The number of nitrogens with one attached hydrogen (secondary N) is 2. The maximum atomic E-state index is 12.1. The summed E-state index contributed by atoms with van der Waals surface area (Å²) in [7, 11) is 0. The number of hydrogen-bond acceptors (Lipinski definition) is 3. The van der Waals surface area contributed by atoms with E-state index in [1.54, 1.807) is 0 Å². The van der Waals surface area contributed by atoms with Crippen molar-refractivity contribution in [1.82, 2.24) is 10.6 Å². The van der Waals surface area contributed by atoms with E-state index in [4.69, 9.17) is 4.74 Å². The molecule has 1 atom stereocenters. The molecule has 0 saturated carbocycles. The highest BCUT2D eigenvalue weighted by molar-refractivity contribution is 5.85. The number of ether oxygens (including phenoxy) is 1. The quantitative estimate of drug-likeness (QED) is 0.833. The molecule has 1 aliphatic rings. The number of halogens is 1. The number of benzene rings is 1. The predicted octanol–water partition coefficient (Wildman–Crippen LogP) is 1.52. The molecule has 1 aliphatic heterocycles. The van der Waals surface area contributed by atoms with Crippen LogP contribution in [0.1, 0.15) is 18.6 Å². The van der Waals surface area contributed by atoms with Gasteiger partial charge in [0, 0.05) is 32.2 Å². The molecular weight excluding hydrogens is 264 g/mol. The molecule has 1 heterocycles. The van der Waals surface area contributed by atoms with Crippen LogP contribution < -0.4 is 10.6 Å². The Morgan fingerprint density at radius 2 is 2.11 bits per heavy atom. The van der Waals surface area contributed by atoms with E-state index in [2.05, 4.69) is 10.6 Å². The van der Waals surface area contributed by atoms with Gasteiger partial charge in [0.05, 0.1) is 0 Å². The summed E-state index contributed by atoms with van der Waals surface area (Å²) < 4.78 is 5.55. The zero-order chi connectivity index (χ0) is 12.8. The first kappa shape index (κ1) is 16.0. The molecule has 2 N–H and O–H groups in total. The SMILES string of the molecule is CCOC(C(=O)NCC1CNC1)c1ccccc1.Cl. The standard InChI is InChI=1S/C14H20N2O2.ClH/c1-2-18-13(12-6-4-3-5-7-12)14(17)16-10-11-8-15-9-11;/h3-7,11,13,15H,2,8-10H2,1H3,(H,16,17);1H. The minimum atomic E-state index is -0.496. The molecule has 0 spiro atoms. The van der Waals surface area contributed by atoms with Gasteiger partial charge in [-0.3, -0.25) is 4.79 Å². The Labute approximate surface area is 120 Å². The lowest BCUT2D eigenvalue weighted by Gasteiger charge is -2.28. The van der Waals surface area contributed by atoms with Crippen molar-refractivity contribution in [3.63, 3.8) is 0 Å². The van der Waals surface area contributed by atoms with Gasteiger partial charge in [-0.15, -0.1) is 12.4 Å². The summed E-state index contributed by atoms with van der Waals surface area (Å²) in [5.41, 5.74) is 0.906. The summed E-state index contributed by atoms with van der Waals surface area (Å²) >= 11 is 0. The van der Waals surface area contributed by atoms with Crippen LogP contribution in [-0.4, -0.2) is 32.1 Å². The highest BCUT2D eigenvalue weighted by atomic mass is 35.5. The van der Waals surface area contributed by atoms with Crippen LogP contribution in [-0.2, 0) is 9.53 Å². The van der Waals surface area contributed by atoms with E-state index in [9.17, 15) is 4.79 Å². The van der Waals surface area contributed by atoms with Crippen molar-refractivity contribution in [3.05, 3.63) is 35.9 Å². The summed E-state index contributed by atoms with van der Waals surface area (Å²) in [5.74, 6) is 0.516. The molecule has 4 nitrogen and oxygen atoms in total. The van der Waals surface area contributed by atoms with Crippen molar-refractivity contribution < 1.29 is 9.53 Å². The smallest absolute Gasteiger partial charge is 0.253 e. The maximum Gasteiger partial charge on any atom is 0.253 e. The third-order valence-corrected chi connectivity index (χ3v) is 3.10. The Kier molecular flexibility index (Phi) is 6.84. The van der Waals surface area contributed by atoms with Gasteiger partial charge >= 0.3 is 0 Å². The molecule has 1 unspecified atom stereocenters. The van der Waals surface area contributed by atoms with Crippen molar-refractivity contribution in [2.24, 2.45) is 5.92 Å². The van der Waals surface area contributed by atoms with E-state index < -0.39 is 6.10 Å². The van der Waals surface area contributed by atoms with E-state index >= 15 is 0 Å². The second kappa shape index (κ2) is 8.15. The molecule has 1 saturated heterocycles. The molecule has 0 bridgehead atoms. The second-order valence-corrected chi connectivity index (χ2v) is 4.52. The molecule has 0 aromatic heterocycles. The van der Waals surface area contributed by atoms with Crippen LogP contribution in [0.4, 0.5) is 0 Å². The zero-order valence-electron chi connectivity index (χ0n) is 11.1. The van der Waals surface area contributed by atoms with Gasteiger partial charge in [-0.25, -0.2) is 0 Å². The number of amides is 1. The molecule has 2 rings (SSSR count). The number of carbonyl (C=O) groups is 1. The zero-order valence-corrected chi connectivity index (χ0v) is 11.9. The van der Waals surface area contributed by atoms with E-state index in [1.807, 2.05) is 37.3 Å². The fourth-order valence-corrected chi connectivity index (χ4v) is 1.95. The highest BCUT2D eigenvalue weighted by Crippen LogP contribution is 2.17. The fraction of sp³-hybridized carbons (Fsp3) is 0.500. The van der Waals surface area contributed by atoms with Crippen LogP contribution in [0.5, 0.6) is 0 Å². The van der Waals surface area contributed by atoms with Gasteiger partial charge in [0.25, 0.3) is 5.91 Å². The van der Waals surface area contributed by atoms with Crippen LogP contribution in [0.25, 0.3) is 0 Å². The first-order chi connectivity index (χ1) is 8.81. The van der Waals surface area contributed by atoms with E-state index in [0.717, 1.165) is 25.2 Å². The molecule has 5 heteroatoms. The van der Waals surface area contributed by atoms with Crippen molar-refractivity contribution in [3.8, 4) is 0 Å². The second-order valence-electron chi connectivity index (χ2n) is 4.52. The lowest BCUT2D eigenvalue weighted by atomic mass is 10.0. The van der Waals surface area contributed by atoms with Crippen LogP contribution in [0, 0.1) is 5.92 Å². The van der Waals surface area contributed by atoms with Crippen molar-refractivity contribution in [2.45, 2.75) is 13.0 Å². The molecular formula is C14H21ClN2O2. The van der Waals surface area contributed by atoms with Gasteiger partial charge in [-0.1, -0.05) is 30.3 Å². The molecule has 1 amide bonds. The molecule has 1 aromatic rings. The van der Waals surface area contributed by atoms with Crippen molar-refractivity contribution in [2.75, 3.05) is 26.2 Å². The van der Waals surface area contributed by atoms with E-state index in [-0.39, 0.29) is 18.3 Å². The summed E-state index contributed by atoms with van der Waals surface area (Å²) in [6.07, 6.45) is -0.496. The predicted molar refractivity (Wildman–Crippen MR) is 77.4 cm³/mol. The summed E-state index contributed by atoms with van der Waals surface area (Å²) in [4.78, 5) is 12.1. The minimum absolute atomic E-state index is 0. The first-order valence-electron chi connectivity index (χ1n) is 6.46.